The number of hydrogen-bond donors (Lipinski definition) is 2. The number of benzene rings is 1. The smallest absolute Gasteiger partial charge is 0.313 e. The number of carbonyl (C=O) groups is 4. The van der Waals surface area contributed by atoms with E-state index in [-0.39, 0.29) is 36.7 Å². The number of fused-ring (bicyclic) bond motifs is 1. The van der Waals surface area contributed by atoms with Crippen LogP contribution in [0, 0.1) is 17.8 Å². The van der Waals surface area contributed by atoms with Crippen LogP contribution >= 0.6 is 0 Å². The standard InChI is InChI=1S/C37H53N3O7/c1-7-10-15-22-39(21-9-3)35(44)33-37-20-19-28(47-37)30(31(37)34(43)40(33)27(23-41)24(4)5)36(45)46-32(26-16-13-12-14-17-26)25(6)38-29(42)18-11-8-2/h8-9,12-14,16-17,24-25,27-28,30-33,41H,2-3,7,10-11,15,18-23H2,1,4-6H3,(H,38,42)/t25-,27+,28+,30-,31-,32-,33+,37-/m1/s1. The first-order valence-corrected chi connectivity index (χ1v) is 17.2. The number of nitrogens with one attached hydrogen (secondary N) is 1. The number of nitrogens with zero attached hydrogens (tertiary/aromatic N) is 2. The van der Waals surface area contributed by atoms with Crippen molar-refractivity contribution in [1.29, 1.82) is 0 Å². The van der Waals surface area contributed by atoms with Crippen molar-refractivity contribution >= 4 is 23.7 Å². The fourth-order valence-corrected chi connectivity index (χ4v) is 7.73. The highest BCUT2D eigenvalue weighted by Crippen LogP contribution is 2.59. The zero-order chi connectivity index (χ0) is 34.3. The molecule has 8 atom stereocenters. The molecule has 3 aliphatic rings. The second-order valence-corrected chi connectivity index (χ2v) is 13.5. The Morgan fingerprint density at radius 2 is 1.89 bits per heavy atom. The third-order valence-electron chi connectivity index (χ3n) is 10.0. The molecule has 1 aromatic carbocycles. The van der Waals surface area contributed by atoms with Gasteiger partial charge >= 0.3 is 5.97 Å². The lowest BCUT2D eigenvalue weighted by Gasteiger charge is -2.40. The van der Waals surface area contributed by atoms with E-state index >= 15 is 0 Å². The predicted molar refractivity (Wildman–Crippen MR) is 179 cm³/mol. The average molecular weight is 652 g/mol. The summed E-state index contributed by atoms with van der Waals surface area (Å²) in [4.78, 5) is 59.2. The molecule has 3 fully saturated rings. The second kappa shape index (κ2) is 16.1. The normalized spacial score (nSPS) is 26.4. The summed E-state index contributed by atoms with van der Waals surface area (Å²) in [5.41, 5.74) is -0.516. The summed E-state index contributed by atoms with van der Waals surface area (Å²) >= 11 is 0. The molecular formula is C37H53N3O7. The highest BCUT2D eigenvalue weighted by molar-refractivity contribution is 5.98. The summed E-state index contributed by atoms with van der Waals surface area (Å²) in [7, 11) is 0. The van der Waals surface area contributed by atoms with E-state index in [1.807, 2.05) is 44.2 Å². The maximum atomic E-state index is 14.6. The molecule has 0 radical (unpaired) electrons. The van der Waals surface area contributed by atoms with Crippen molar-refractivity contribution in [2.75, 3.05) is 19.7 Å². The SMILES string of the molecule is C=CCCC(=O)N[C@H](C)[C@@H](OC(=O)[C@@H]1[C@@H]2CC[C@]3(O2)[C@H](C(=O)N(CC=C)CCCCC)N([C@@H](CO)C(C)C)C(=O)[C@@H]13)c1ccccc1. The van der Waals surface area contributed by atoms with Crippen LogP contribution in [0.2, 0.25) is 0 Å². The van der Waals surface area contributed by atoms with Crippen LogP contribution in [0.25, 0.3) is 0 Å². The van der Waals surface area contributed by atoms with E-state index in [0.717, 1.165) is 19.3 Å². The van der Waals surface area contributed by atoms with E-state index in [1.54, 1.807) is 24.0 Å². The lowest BCUT2D eigenvalue weighted by molar-refractivity contribution is -0.163. The number of unbranched alkanes of at least 4 members (excludes halogenated alkanes) is 2. The summed E-state index contributed by atoms with van der Waals surface area (Å²) in [5, 5.41) is 13.5. The molecule has 47 heavy (non-hydrogen) atoms. The molecule has 1 aromatic rings. The van der Waals surface area contributed by atoms with Crippen LogP contribution in [-0.2, 0) is 28.7 Å². The Morgan fingerprint density at radius 1 is 1.17 bits per heavy atom. The Balaban J connectivity index is 1.69. The summed E-state index contributed by atoms with van der Waals surface area (Å²) < 4.78 is 12.9. The molecule has 4 rings (SSSR count). The minimum atomic E-state index is -1.22. The highest BCUT2D eigenvalue weighted by atomic mass is 16.6. The first-order chi connectivity index (χ1) is 22.6. The quantitative estimate of drug-likeness (QED) is 0.138. The van der Waals surface area contributed by atoms with E-state index in [4.69, 9.17) is 9.47 Å². The summed E-state index contributed by atoms with van der Waals surface area (Å²) in [6, 6.07) is 7.01. The minimum absolute atomic E-state index is 0.155. The maximum absolute atomic E-state index is 14.6. The molecule has 2 N–H and O–H groups in total. The summed E-state index contributed by atoms with van der Waals surface area (Å²) in [5.74, 6) is -3.43. The van der Waals surface area contributed by atoms with Gasteiger partial charge in [0.25, 0.3) is 0 Å². The number of hydrogen-bond acceptors (Lipinski definition) is 7. The van der Waals surface area contributed by atoms with Crippen LogP contribution in [0.3, 0.4) is 0 Å². The van der Waals surface area contributed by atoms with Crippen molar-refractivity contribution in [3.8, 4) is 0 Å². The third-order valence-corrected chi connectivity index (χ3v) is 10.0. The van der Waals surface area contributed by atoms with Crippen LogP contribution in [0.15, 0.2) is 55.6 Å². The Labute approximate surface area is 279 Å². The van der Waals surface area contributed by atoms with E-state index in [2.05, 4.69) is 25.4 Å². The summed E-state index contributed by atoms with van der Waals surface area (Å²) in [6.45, 7) is 15.7. The van der Waals surface area contributed by atoms with Gasteiger partial charge in [0.1, 0.15) is 17.7 Å². The number of ether oxygens (including phenoxy) is 2. The Morgan fingerprint density at radius 3 is 2.51 bits per heavy atom. The van der Waals surface area contributed by atoms with E-state index in [9.17, 15) is 24.3 Å². The van der Waals surface area contributed by atoms with Gasteiger partial charge in [-0.1, -0.05) is 76.1 Å². The molecule has 3 amide bonds. The topological polar surface area (TPSA) is 125 Å². The molecule has 10 nitrogen and oxygen atoms in total. The zero-order valence-electron chi connectivity index (χ0n) is 28.4. The van der Waals surface area contributed by atoms with Crippen molar-refractivity contribution in [2.45, 2.75) is 109 Å². The Kier molecular flexibility index (Phi) is 12.4. The van der Waals surface area contributed by atoms with Crippen molar-refractivity contribution in [1.82, 2.24) is 15.1 Å². The van der Waals surface area contributed by atoms with Gasteiger partial charge in [0.15, 0.2) is 0 Å². The minimum Gasteiger partial charge on any atom is -0.455 e. The molecule has 3 heterocycles. The van der Waals surface area contributed by atoms with Crippen LogP contribution < -0.4 is 5.32 Å². The molecule has 0 unspecified atom stereocenters. The van der Waals surface area contributed by atoms with E-state index in [0.29, 0.717) is 37.9 Å². The molecule has 10 heteroatoms. The molecule has 0 aliphatic carbocycles. The van der Waals surface area contributed by atoms with Gasteiger partial charge in [0, 0.05) is 19.5 Å². The van der Waals surface area contributed by atoms with Gasteiger partial charge in [-0.05, 0) is 44.1 Å². The van der Waals surface area contributed by atoms with E-state index in [1.165, 1.54) is 4.90 Å². The predicted octanol–water partition coefficient (Wildman–Crippen LogP) is 4.34. The zero-order valence-corrected chi connectivity index (χ0v) is 28.4. The molecular weight excluding hydrogens is 598 g/mol. The van der Waals surface area contributed by atoms with E-state index < -0.39 is 53.7 Å². The lowest BCUT2D eigenvalue weighted by Crippen LogP contribution is -2.59. The number of carbonyl (C=O) groups excluding carboxylic acids is 4. The van der Waals surface area contributed by atoms with Crippen molar-refractivity contribution in [3.63, 3.8) is 0 Å². The molecule has 2 bridgehead atoms. The monoisotopic (exact) mass is 651 g/mol. The molecule has 3 aliphatic heterocycles. The lowest BCUT2D eigenvalue weighted by atomic mass is 9.70. The Hall–Kier alpha value is -3.50. The van der Waals surface area contributed by atoms with Gasteiger partial charge < -0.3 is 29.7 Å². The molecule has 1 spiro atoms. The van der Waals surface area contributed by atoms with Gasteiger partial charge in [0.2, 0.25) is 17.7 Å². The van der Waals surface area contributed by atoms with Gasteiger partial charge in [-0.25, -0.2) is 0 Å². The Bertz CT molecular complexity index is 1290. The number of amides is 3. The highest BCUT2D eigenvalue weighted by Gasteiger charge is 2.75. The maximum Gasteiger partial charge on any atom is 0.313 e. The molecule has 0 aromatic heterocycles. The van der Waals surface area contributed by atoms with Gasteiger partial charge in [-0.3, -0.25) is 19.2 Å². The largest absolute Gasteiger partial charge is 0.455 e. The molecule has 3 saturated heterocycles. The van der Waals surface area contributed by atoms with Gasteiger partial charge in [-0.15, -0.1) is 13.2 Å². The number of likely N-dealkylation sites (tertiary alicyclic amines) is 1. The number of esters is 1. The second-order valence-electron chi connectivity index (χ2n) is 13.5. The van der Waals surface area contributed by atoms with Gasteiger partial charge in [-0.2, -0.15) is 0 Å². The van der Waals surface area contributed by atoms with Crippen molar-refractivity contribution in [2.24, 2.45) is 17.8 Å². The summed E-state index contributed by atoms with van der Waals surface area (Å²) in [6.07, 6.45) is 6.40. The van der Waals surface area contributed by atoms with Crippen LogP contribution in [-0.4, -0.2) is 88.1 Å². The van der Waals surface area contributed by atoms with Crippen LogP contribution in [0.4, 0.5) is 0 Å². The number of allylic oxidation sites excluding steroid dienone is 1. The first kappa shape index (κ1) is 36.3. The number of aliphatic hydroxyl groups excluding tert-OH is 1. The fraction of sp³-hybridized carbons (Fsp3) is 0.622. The van der Waals surface area contributed by atoms with Crippen LogP contribution in [0.1, 0.15) is 84.3 Å². The third kappa shape index (κ3) is 7.33. The average Bonchev–Trinajstić information content (AvgIpc) is 3.70. The number of rotatable bonds is 18. The van der Waals surface area contributed by atoms with Gasteiger partial charge in [0.05, 0.1) is 36.6 Å². The molecule has 0 saturated carbocycles. The number of aliphatic hydroxyl groups is 1. The van der Waals surface area contributed by atoms with Crippen molar-refractivity contribution < 1.29 is 33.8 Å². The van der Waals surface area contributed by atoms with Crippen molar-refractivity contribution in [3.05, 3.63) is 61.2 Å². The van der Waals surface area contributed by atoms with Crippen LogP contribution in [0.5, 0.6) is 0 Å². The first-order valence-electron chi connectivity index (χ1n) is 17.2. The molecule has 258 valence electrons. The fourth-order valence-electron chi connectivity index (χ4n) is 7.73.